The third kappa shape index (κ3) is 5.39. The first-order valence-corrected chi connectivity index (χ1v) is 7.26. The van der Waals surface area contributed by atoms with Crippen LogP contribution in [0, 0.1) is 5.92 Å². The second-order valence-corrected chi connectivity index (χ2v) is 6.46. The van der Waals surface area contributed by atoms with Gasteiger partial charge < -0.3 is 10.1 Å². The lowest BCUT2D eigenvalue weighted by molar-refractivity contribution is 0.00701. The van der Waals surface area contributed by atoms with Crippen LogP contribution in [0.3, 0.4) is 0 Å². The molecule has 0 heterocycles. The van der Waals surface area contributed by atoms with Crippen LogP contribution in [0.5, 0.6) is 0 Å². The lowest BCUT2D eigenvalue weighted by Crippen LogP contribution is -2.43. The van der Waals surface area contributed by atoms with Crippen molar-refractivity contribution in [2.45, 2.75) is 83.9 Å². The van der Waals surface area contributed by atoms with Gasteiger partial charge in [0.25, 0.3) is 0 Å². The van der Waals surface area contributed by atoms with Gasteiger partial charge in [0.05, 0.1) is 5.60 Å². The molecule has 1 rings (SSSR count). The van der Waals surface area contributed by atoms with Gasteiger partial charge in [-0.15, -0.1) is 0 Å². The topological polar surface area (TPSA) is 21.3 Å². The average molecular weight is 241 g/mol. The van der Waals surface area contributed by atoms with Crippen LogP contribution >= 0.6 is 0 Å². The van der Waals surface area contributed by atoms with E-state index in [1.807, 2.05) is 0 Å². The zero-order valence-corrected chi connectivity index (χ0v) is 12.4. The maximum Gasteiger partial charge on any atom is 0.0637 e. The smallest absolute Gasteiger partial charge is 0.0637 e. The molecule has 3 atom stereocenters. The van der Waals surface area contributed by atoms with Crippen molar-refractivity contribution in [3.05, 3.63) is 0 Å². The summed E-state index contributed by atoms with van der Waals surface area (Å²) in [6.07, 6.45) is 8.03. The molecule has 1 saturated carbocycles. The molecule has 1 aliphatic carbocycles. The fourth-order valence-electron chi connectivity index (χ4n) is 2.99. The highest BCUT2D eigenvalue weighted by Crippen LogP contribution is 2.24. The lowest BCUT2D eigenvalue weighted by Gasteiger charge is -2.31. The van der Waals surface area contributed by atoms with Crippen molar-refractivity contribution in [2.75, 3.05) is 7.11 Å². The zero-order chi connectivity index (χ0) is 12.9. The van der Waals surface area contributed by atoms with E-state index in [-0.39, 0.29) is 5.60 Å². The van der Waals surface area contributed by atoms with Gasteiger partial charge in [-0.2, -0.15) is 0 Å². The van der Waals surface area contributed by atoms with Crippen molar-refractivity contribution in [3.8, 4) is 0 Å². The van der Waals surface area contributed by atoms with E-state index in [1.54, 1.807) is 7.11 Å². The van der Waals surface area contributed by atoms with Gasteiger partial charge in [-0.05, 0) is 46.0 Å². The quantitative estimate of drug-likeness (QED) is 0.740. The summed E-state index contributed by atoms with van der Waals surface area (Å²) >= 11 is 0. The zero-order valence-electron chi connectivity index (χ0n) is 12.4. The monoisotopic (exact) mass is 241 g/mol. The van der Waals surface area contributed by atoms with E-state index < -0.39 is 0 Å². The molecule has 102 valence electrons. The standard InChI is InChI=1S/C15H31NO/c1-12-9-7-6-8-10-14(12)16-13(2)11-15(3,4)17-5/h12-14,16H,6-11H2,1-5H3. The molecule has 1 aliphatic rings. The summed E-state index contributed by atoms with van der Waals surface area (Å²) < 4.78 is 5.51. The van der Waals surface area contributed by atoms with Gasteiger partial charge in [0.2, 0.25) is 0 Å². The highest BCUT2D eigenvalue weighted by molar-refractivity contribution is 4.82. The molecule has 2 heteroatoms. The van der Waals surface area contributed by atoms with Crippen LogP contribution in [-0.4, -0.2) is 24.8 Å². The molecule has 0 spiro atoms. The van der Waals surface area contributed by atoms with Crippen molar-refractivity contribution in [1.82, 2.24) is 5.32 Å². The summed E-state index contributed by atoms with van der Waals surface area (Å²) in [7, 11) is 1.81. The van der Waals surface area contributed by atoms with E-state index in [1.165, 1.54) is 32.1 Å². The molecule has 2 nitrogen and oxygen atoms in total. The fraction of sp³-hybridized carbons (Fsp3) is 1.00. The van der Waals surface area contributed by atoms with Crippen molar-refractivity contribution < 1.29 is 4.74 Å². The molecule has 3 unspecified atom stereocenters. The van der Waals surface area contributed by atoms with Crippen LogP contribution < -0.4 is 5.32 Å². The molecular formula is C15H31NO. The van der Waals surface area contributed by atoms with E-state index in [0.29, 0.717) is 12.1 Å². The van der Waals surface area contributed by atoms with Crippen molar-refractivity contribution in [2.24, 2.45) is 5.92 Å². The molecule has 0 amide bonds. The predicted molar refractivity (Wildman–Crippen MR) is 74.3 cm³/mol. The van der Waals surface area contributed by atoms with E-state index in [9.17, 15) is 0 Å². The predicted octanol–water partition coefficient (Wildman–Crippen LogP) is 3.75. The number of hydrogen-bond donors (Lipinski definition) is 1. The second kappa shape index (κ2) is 6.75. The number of methoxy groups -OCH3 is 1. The molecule has 0 aromatic carbocycles. The minimum atomic E-state index is -0.0135. The molecular weight excluding hydrogens is 210 g/mol. The highest BCUT2D eigenvalue weighted by Gasteiger charge is 2.25. The average Bonchev–Trinajstić information content (AvgIpc) is 2.44. The van der Waals surface area contributed by atoms with Crippen LogP contribution in [0.4, 0.5) is 0 Å². The molecule has 0 radical (unpaired) electrons. The lowest BCUT2D eigenvalue weighted by atomic mass is 9.94. The van der Waals surface area contributed by atoms with E-state index >= 15 is 0 Å². The Morgan fingerprint density at radius 2 is 1.88 bits per heavy atom. The first kappa shape index (κ1) is 15.0. The summed E-state index contributed by atoms with van der Waals surface area (Å²) in [5, 5.41) is 3.82. The number of nitrogens with one attached hydrogen (secondary N) is 1. The summed E-state index contributed by atoms with van der Waals surface area (Å²) in [6, 6.07) is 1.25. The molecule has 0 aromatic heterocycles. The van der Waals surface area contributed by atoms with Gasteiger partial charge in [-0.1, -0.05) is 26.2 Å². The van der Waals surface area contributed by atoms with Gasteiger partial charge in [0.15, 0.2) is 0 Å². The van der Waals surface area contributed by atoms with Crippen molar-refractivity contribution in [3.63, 3.8) is 0 Å². The minimum Gasteiger partial charge on any atom is -0.379 e. The maximum absolute atomic E-state index is 5.51. The summed E-state index contributed by atoms with van der Waals surface area (Å²) in [6.45, 7) is 9.03. The van der Waals surface area contributed by atoms with Crippen molar-refractivity contribution in [1.29, 1.82) is 0 Å². The third-order valence-electron chi connectivity index (χ3n) is 4.21. The normalized spacial score (nSPS) is 28.8. The summed E-state index contributed by atoms with van der Waals surface area (Å²) in [5.74, 6) is 0.825. The summed E-state index contributed by atoms with van der Waals surface area (Å²) in [5.41, 5.74) is -0.0135. The Balaban J connectivity index is 2.40. The first-order chi connectivity index (χ1) is 7.94. The Morgan fingerprint density at radius 1 is 1.24 bits per heavy atom. The van der Waals surface area contributed by atoms with Gasteiger partial charge in [0, 0.05) is 19.2 Å². The molecule has 1 fully saturated rings. The Hall–Kier alpha value is -0.0800. The van der Waals surface area contributed by atoms with Crippen LogP contribution in [0.25, 0.3) is 0 Å². The van der Waals surface area contributed by atoms with E-state index in [0.717, 1.165) is 12.3 Å². The SMILES string of the molecule is COC(C)(C)CC(C)NC1CCCCCC1C. The number of hydrogen-bond acceptors (Lipinski definition) is 2. The first-order valence-electron chi connectivity index (χ1n) is 7.26. The van der Waals surface area contributed by atoms with E-state index in [2.05, 4.69) is 33.0 Å². The van der Waals surface area contributed by atoms with Gasteiger partial charge in [-0.3, -0.25) is 0 Å². The van der Waals surface area contributed by atoms with Crippen LogP contribution in [0.2, 0.25) is 0 Å². The molecule has 0 aromatic rings. The Bertz CT molecular complexity index is 215. The Morgan fingerprint density at radius 3 is 2.53 bits per heavy atom. The molecule has 17 heavy (non-hydrogen) atoms. The third-order valence-corrected chi connectivity index (χ3v) is 4.21. The molecule has 0 bridgehead atoms. The summed E-state index contributed by atoms with van der Waals surface area (Å²) in [4.78, 5) is 0. The van der Waals surface area contributed by atoms with Crippen molar-refractivity contribution >= 4 is 0 Å². The molecule has 1 N–H and O–H groups in total. The molecule has 0 saturated heterocycles. The van der Waals surface area contributed by atoms with E-state index in [4.69, 9.17) is 4.74 Å². The van der Waals surface area contributed by atoms with Crippen LogP contribution in [-0.2, 0) is 4.74 Å². The largest absolute Gasteiger partial charge is 0.379 e. The number of rotatable bonds is 5. The van der Waals surface area contributed by atoms with Crippen LogP contribution in [0.15, 0.2) is 0 Å². The maximum atomic E-state index is 5.51. The molecule has 0 aliphatic heterocycles. The van der Waals surface area contributed by atoms with Gasteiger partial charge >= 0.3 is 0 Å². The number of ether oxygens (including phenoxy) is 1. The second-order valence-electron chi connectivity index (χ2n) is 6.46. The highest BCUT2D eigenvalue weighted by atomic mass is 16.5. The van der Waals surface area contributed by atoms with Gasteiger partial charge in [0.1, 0.15) is 0 Å². The fourth-order valence-corrected chi connectivity index (χ4v) is 2.99. The Kier molecular flexibility index (Phi) is 5.94. The van der Waals surface area contributed by atoms with Crippen LogP contribution in [0.1, 0.15) is 66.2 Å². The minimum absolute atomic E-state index is 0.0135. The van der Waals surface area contributed by atoms with Gasteiger partial charge in [-0.25, -0.2) is 0 Å². The Labute approximate surface area is 108 Å².